The first-order valence-corrected chi connectivity index (χ1v) is 5.07. The summed E-state index contributed by atoms with van der Waals surface area (Å²) in [6.07, 6.45) is -4.98. The largest absolute Gasteiger partial charge is 0.456 e. The number of alkyl halides is 6. The molecule has 3 nitrogen and oxygen atoms in total. The van der Waals surface area contributed by atoms with Crippen molar-refractivity contribution in [1.82, 2.24) is 0 Å². The second-order valence-corrected chi connectivity index (χ2v) is 3.78. The molecular weight excluding hydrogens is 270 g/mol. The molecule has 0 aromatic rings. The van der Waals surface area contributed by atoms with Crippen LogP contribution in [0.2, 0.25) is 0 Å². The monoisotopic (exact) mass is 282 g/mol. The van der Waals surface area contributed by atoms with Gasteiger partial charge in [0.2, 0.25) is 0 Å². The number of rotatable bonds is 5. The summed E-state index contributed by atoms with van der Waals surface area (Å²) in [6, 6.07) is 0. The lowest BCUT2D eigenvalue weighted by Crippen LogP contribution is -2.38. The fourth-order valence-corrected chi connectivity index (χ4v) is 0.735. The number of hydrogen-bond acceptors (Lipinski definition) is 3. The Labute approximate surface area is 99.0 Å². The summed E-state index contributed by atoms with van der Waals surface area (Å²) in [6.45, 7) is 0.563. The predicted molar refractivity (Wildman–Crippen MR) is 47.3 cm³/mol. The van der Waals surface area contributed by atoms with Crippen LogP contribution >= 0.6 is 0 Å². The van der Waals surface area contributed by atoms with E-state index in [1.165, 1.54) is 0 Å². The van der Waals surface area contributed by atoms with Gasteiger partial charge in [-0.25, -0.2) is 4.39 Å². The Morgan fingerprint density at radius 3 is 1.50 bits per heavy atom. The van der Waals surface area contributed by atoms with Gasteiger partial charge < -0.3 is 14.2 Å². The molecule has 2 aliphatic rings. The van der Waals surface area contributed by atoms with Crippen LogP contribution in [0.15, 0.2) is 0 Å². The molecule has 2 fully saturated rings. The normalized spacial score (nSPS) is 26.3. The summed E-state index contributed by atoms with van der Waals surface area (Å²) >= 11 is 0. The van der Waals surface area contributed by atoms with E-state index in [0.29, 0.717) is 12.2 Å². The first kappa shape index (κ1) is 15.5. The molecule has 2 unspecified atom stereocenters. The van der Waals surface area contributed by atoms with Crippen molar-refractivity contribution in [3.63, 3.8) is 0 Å². The van der Waals surface area contributed by atoms with Gasteiger partial charge in [-0.2, -0.15) is 22.0 Å². The lowest BCUT2D eigenvalue weighted by Gasteiger charge is -2.14. The minimum atomic E-state index is -5.76. The molecule has 0 aromatic heterocycles. The molecule has 2 rings (SSSR count). The molecule has 0 spiro atoms. The van der Waals surface area contributed by atoms with Crippen molar-refractivity contribution in [2.45, 2.75) is 24.3 Å². The fourth-order valence-electron chi connectivity index (χ4n) is 0.735. The van der Waals surface area contributed by atoms with E-state index in [0.717, 1.165) is 26.4 Å². The molecule has 0 saturated carbocycles. The minimum absolute atomic E-state index is 0.392. The Kier molecular flexibility index (Phi) is 5.23. The number of ether oxygens (including phenoxy) is 3. The Morgan fingerprint density at radius 2 is 1.33 bits per heavy atom. The molecule has 0 radical (unpaired) electrons. The SMILES string of the molecule is C(OCC1CO1)C1CO1.FCC(F)(F)C(F)(F)F. The summed E-state index contributed by atoms with van der Waals surface area (Å²) in [5.74, 6) is -5.19. The highest BCUT2D eigenvalue weighted by molar-refractivity contribution is 4.73. The standard InChI is InChI=1S/C6H10O3.C3H2F6/c1(5-3-8-5)7-2-6-4-9-6;4-1-2(5,6)3(7,8)9/h5-6H,1-4H2;1H2. The summed E-state index contributed by atoms with van der Waals surface area (Å²) < 4.78 is 80.8. The zero-order valence-electron chi connectivity index (χ0n) is 9.18. The van der Waals surface area contributed by atoms with E-state index in [1.807, 2.05) is 0 Å². The number of hydrogen-bond donors (Lipinski definition) is 0. The zero-order valence-corrected chi connectivity index (χ0v) is 9.18. The van der Waals surface area contributed by atoms with Crippen molar-refractivity contribution in [2.75, 3.05) is 33.1 Å². The van der Waals surface area contributed by atoms with E-state index >= 15 is 0 Å². The second kappa shape index (κ2) is 6.07. The van der Waals surface area contributed by atoms with E-state index < -0.39 is 18.8 Å². The van der Waals surface area contributed by atoms with Crippen LogP contribution in [-0.4, -0.2) is 57.4 Å². The van der Waals surface area contributed by atoms with Gasteiger partial charge in [0, 0.05) is 0 Å². The lowest BCUT2D eigenvalue weighted by atomic mass is 10.4. The number of halogens is 6. The van der Waals surface area contributed by atoms with Gasteiger partial charge in [-0.3, -0.25) is 0 Å². The first-order chi connectivity index (χ1) is 8.26. The maximum atomic E-state index is 11.2. The molecule has 2 heterocycles. The molecule has 0 bridgehead atoms. The Bertz CT molecular complexity index is 237. The molecule has 0 aromatic carbocycles. The third-order valence-corrected chi connectivity index (χ3v) is 1.99. The third-order valence-electron chi connectivity index (χ3n) is 1.99. The van der Waals surface area contributed by atoms with Crippen LogP contribution in [0.1, 0.15) is 0 Å². The topological polar surface area (TPSA) is 34.3 Å². The van der Waals surface area contributed by atoms with Crippen LogP contribution in [0.5, 0.6) is 0 Å². The van der Waals surface area contributed by atoms with Crippen molar-refractivity contribution >= 4 is 0 Å². The van der Waals surface area contributed by atoms with Gasteiger partial charge in [0.1, 0.15) is 12.2 Å². The fraction of sp³-hybridized carbons (Fsp3) is 1.00. The van der Waals surface area contributed by atoms with Crippen molar-refractivity contribution in [2.24, 2.45) is 0 Å². The molecule has 108 valence electrons. The van der Waals surface area contributed by atoms with E-state index in [1.54, 1.807) is 0 Å². The van der Waals surface area contributed by atoms with Gasteiger partial charge in [0.15, 0.2) is 6.67 Å². The summed E-state index contributed by atoms with van der Waals surface area (Å²) in [4.78, 5) is 0. The Hall–Kier alpha value is -0.540. The molecule has 0 aliphatic carbocycles. The molecule has 2 atom stereocenters. The van der Waals surface area contributed by atoms with Gasteiger partial charge >= 0.3 is 12.1 Å². The molecule has 2 saturated heterocycles. The van der Waals surface area contributed by atoms with E-state index in [-0.39, 0.29) is 0 Å². The van der Waals surface area contributed by atoms with Crippen LogP contribution in [0.4, 0.5) is 26.3 Å². The average Bonchev–Trinajstić information content (AvgIpc) is 3.11. The van der Waals surface area contributed by atoms with Crippen molar-refractivity contribution in [1.29, 1.82) is 0 Å². The van der Waals surface area contributed by atoms with Crippen molar-refractivity contribution in [3.8, 4) is 0 Å². The highest BCUT2D eigenvalue weighted by Crippen LogP contribution is 2.35. The van der Waals surface area contributed by atoms with Crippen LogP contribution in [0.25, 0.3) is 0 Å². The highest BCUT2D eigenvalue weighted by Gasteiger charge is 2.57. The van der Waals surface area contributed by atoms with Crippen molar-refractivity contribution in [3.05, 3.63) is 0 Å². The van der Waals surface area contributed by atoms with Crippen LogP contribution in [0.3, 0.4) is 0 Å². The van der Waals surface area contributed by atoms with Crippen LogP contribution in [-0.2, 0) is 14.2 Å². The van der Waals surface area contributed by atoms with E-state index in [4.69, 9.17) is 14.2 Å². The lowest BCUT2D eigenvalue weighted by molar-refractivity contribution is -0.286. The zero-order chi connectivity index (χ0) is 13.8. The smallest absolute Gasteiger partial charge is 0.376 e. The van der Waals surface area contributed by atoms with Gasteiger partial charge in [0.05, 0.1) is 26.4 Å². The molecule has 0 amide bonds. The first-order valence-electron chi connectivity index (χ1n) is 5.07. The summed E-state index contributed by atoms with van der Waals surface area (Å²) in [5.41, 5.74) is 0. The molecule has 18 heavy (non-hydrogen) atoms. The molecule has 9 heteroatoms. The predicted octanol–water partition coefficient (Wildman–Crippen LogP) is 1.95. The maximum absolute atomic E-state index is 11.2. The van der Waals surface area contributed by atoms with Gasteiger partial charge in [0.25, 0.3) is 0 Å². The highest BCUT2D eigenvalue weighted by atomic mass is 19.4. The van der Waals surface area contributed by atoms with Crippen LogP contribution in [0, 0.1) is 0 Å². The number of epoxide rings is 2. The second-order valence-electron chi connectivity index (χ2n) is 3.78. The average molecular weight is 282 g/mol. The van der Waals surface area contributed by atoms with E-state index in [2.05, 4.69) is 0 Å². The van der Waals surface area contributed by atoms with Crippen LogP contribution < -0.4 is 0 Å². The van der Waals surface area contributed by atoms with Gasteiger partial charge in [-0.1, -0.05) is 0 Å². The molecule has 0 N–H and O–H groups in total. The van der Waals surface area contributed by atoms with Gasteiger partial charge in [-0.15, -0.1) is 0 Å². The third kappa shape index (κ3) is 5.87. The minimum Gasteiger partial charge on any atom is -0.376 e. The Morgan fingerprint density at radius 1 is 0.944 bits per heavy atom. The molecule has 2 aliphatic heterocycles. The quantitative estimate of drug-likeness (QED) is 0.571. The van der Waals surface area contributed by atoms with Gasteiger partial charge in [-0.05, 0) is 0 Å². The molecular formula is C9H12F6O3. The Balaban J connectivity index is 0.000000180. The van der Waals surface area contributed by atoms with Crippen molar-refractivity contribution < 1.29 is 40.6 Å². The maximum Gasteiger partial charge on any atom is 0.456 e. The summed E-state index contributed by atoms with van der Waals surface area (Å²) in [5, 5.41) is 0. The summed E-state index contributed by atoms with van der Waals surface area (Å²) in [7, 11) is 0. The van der Waals surface area contributed by atoms with E-state index in [9.17, 15) is 26.3 Å².